The summed E-state index contributed by atoms with van der Waals surface area (Å²) in [7, 11) is 0. The quantitative estimate of drug-likeness (QED) is 0.00528. The van der Waals surface area contributed by atoms with Gasteiger partial charge in [0.25, 0.3) is 0 Å². The van der Waals surface area contributed by atoms with Crippen molar-refractivity contribution < 1.29 is 87.7 Å². The Balaban J connectivity index is 0.866. The zero-order chi connectivity index (χ0) is 75.7. The predicted molar refractivity (Wildman–Crippen MR) is 415 cm³/mol. The minimum absolute atomic E-state index is 0.00775. The standard InChI is InChI=1S/C84H98I2O18/c1-13-53(42-59(57-30-34-65(87)67(89)44-57)49-80(3,4)78(94)103-83(9,10)62-26-20-16-21-27-62)55-32-36-71(69(91)46-55)100-51-96-38-40-98-73-48-64(77(93)102-82(7,8)61-24-18-15-19-25-61)76(75(86)74(73)85)99-41-39-97-52-101-72-37-33-56(47-70(72)92)54(14-2)43-60(58-31-35-66(88)68(90)45-58)50-81(5,6)79(95)104-84(11,12)63-28-22-17-23-29-63/h15-37,44-48,53-54,59-60,87-92H,13-14,38-43,49-52H2,1-12H3. The Kier molecular flexibility index (Phi) is 28.1. The van der Waals surface area contributed by atoms with Gasteiger partial charge in [-0.15, -0.1) is 0 Å². The fourth-order valence-corrected chi connectivity index (χ4v) is 14.0. The largest absolute Gasteiger partial charge is 0.504 e. The molecular weight excluding hydrogens is 1550 g/mol. The number of rotatable bonds is 37. The molecule has 556 valence electrons. The van der Waals surface area contributed by atoms with Crippen LogP contribution in [-0.4, -0.2) is 88.6 Å². The second-order valence-corrected chi connectivity index (χ2v) is 31.1. The molecule has 0 amide bonds. The number of halogens is 2. The van der Waals surface area contributed by atoms with Crippen LogP contribution in [0.15, 0.2) is 170 Å². The molecule has 8 aromatic carbocycles. The van der Waals surface area contributed by atoms with E-state index in [1.165, 1.54) is 24.3 Å². The summed E-state index contributed by atoms with van der Waals surface area (Å²) >= 11 is 4.24. The molecule has 0 radical (unpaired) electrons. The fourth-order valence-electron chi connectivity index (χ4n) is 12.7. The van der Waals surface area contributed by atoms with Gasteiger partial charge in [0.05, 0.1) is 31.2 Å². The van der Waals surface area contributed by atoms with Gasteiger partial charge in [-0.1, -0.05) is 129 Å². The molecule has 6 N–H and O–H groups in total. The van der Waals surface area contributed by atoms with Crippen molar-refractivity contribution in [1.82, 2.24) is 0 Å². The van der Waals surface area contributed by atoms with E-state index in [0.717, 1.165) is 38.9 Å². The van der Waals surface area contributed by atoms with Crippen LogP contribution in [0.2, 0.25) is 0 Å². The van der Waals surface area contributed by atoms with E-state index in [4.69, 9.17) is 42.6 Å². The minimum atomic E-state index is -1.04. The minimum Gasteiger partial charge on any atom is -0.504 e. The highest BCUT2D eigenvalue weighted by molar-refractivity contribution is 14.1. The van der Waals surface area contributed by atoms with E-state index in [2.05, 4.69) is 45.2 Å². The first-order valence-corrected chi connectivity index (χ1v) is 37.1. The zero-order valence-electron chi connectivity index (χ0n) is 61.3. The molecule has 8 aromatic rings. The van der Waals surface area contributed by atoms with E-state index in [9.17, 15) is 45.0 Å². The Morgan fingerprint density at radius 2 is 0.731 bits per heavy atom. The molecule has 0 bridgehead atoms. The first-order valence-electron chi connectivity index (χ1n) is 35.0. The van der Waals surface area contributed by atoms with Gasteiger partial charge in [-0.25, -0.2) is 4.79 Å². The average Bonchev–Trinajstić information content (AvgIpc) is 0.790. The second-order valence-electron chi connectivity index (χ2n) is 28.9. The summed E-state index contributed by atoms with van der Waals surface area (Å²) in [4.78, 5) is 42.3. The van der Waals surface area contributed by atoms with E-state index in [-0.39, 0.29) is 133 Å². The van der Waals surface area contributed by atoms with Gasteiger partial charge in [-0.2, -0.15) is 0 Å². The maximum atomic E-state index is 14.3. The molecule has 0 spiro atoms. The van der Waals surface area contributed by atoms with Crippen molar-refractivity contribution in [3.05, 3.63) is 222 Å². The number of ether oxygens (including phenoxy) is 9. The summed E-state index contributed by atoms with van der Waals surface area (Å²) in [6, 6.07) is 49.9. The summed E-state index contributed by atoms with van der Waals surface area (Å²) < 4.78 is 55.8. The highest BCUT2D eigenvalue weighted by atomic mass is 127. The Labute approximate surface area is 638 Å². The highest BCUT2D eigenvalue weighted by Gasteiger charge is 2.41. The molecule has 0 saturated carbocycles. The molecule has 0 saturated heterocycles. The van der Waals surface area contributed by atoms with Crippen LogP contribution < -0.4 is 18.9 Å². The number of phenolic OH excluding ortho intramolecular Hbond substituents is 6. The van der Waals surface area contributed by atoms with E-state index in [0.29, 0.717) is 51.4 Å². The average molecular weight is 1650 g/mol. The molecule has 0 fully saturated rings. The van der Waals surface area contributed by atoms with Gasteiger partial charge >= 0.3 is 17.9 Å². The van der Waals surface area contributed by atoms with Gasteiger partial charge in [0.15, 0.2) is 59.6 Å². The van der Waals surface area contributed by atoms with Crippen molar-refractivity contribution in [2.75, 3.05) is 40.0 Å². The molecule has 104 heavy (non-hydrogen) atoms. The third-order valence-corrected chi connectivity index (χ3v) is 22.1. The monoisotopic (exact) mass is 1650 g/mol. The third kappa shape index (κ3) is 21.6. The number of carbonyl (C=O) groups is 3. The van der Waals surface area contributed by atoms with Gasteiger partial charge in [-0.05, 0) is 270 Å². The Bertz CT molecular complexity index is 4180. The number of hydrogen-bond acceptors (Lipinski definition) is 18. The van der Waals surface area contributed by atoms with Crippen LogP contribution in [0.3, 0.4) is 0 Å². The summed E-state index contributed by atoms with van der Waals surface area (Å²) in [5.74, 6) is -2.41. The van der Waals surface area contributed by atoms with Crippen LogP contribution >= 0.6 is 45.2 Å². The van der Waals surface area contributed by atoms with E-state index in [1.54, 1.807) is 56.3 Å². The van der Waals surface area contributed by atoms with Gasteiger partial charge in [0, 0.05) is 0 Å². The number of benzene rings is 8. The molecule has 4 atom stereocenters. The molecule has 18 nitrogen and oxygen atoms in total. The SMILES string of the molecule is CCC(CC(CC(C)(C)C(=O)OC(C)(C)c1ccccc1)c1ccc(O)c(O)c1)c1ccc(OCOCCOc2cc(C(=O)OC(C)(C)c3ccccc3)c(OCCOCOc3ccc(C(CC)CC(CC(C)(C)C(=O)OC(C)(C)c4ccccc4)c4ccc(O)c(O)c4)cc3O)c(I)c2I)c(O)c1. The van der Waals surface area contributed by atoms with E-state index >= 15 is 0 Å². The van der Waals surface area contributed by atoms with Crippen LogP contribution in [-0.2, 0) is 50.1 Å². The Morgan fingerprint density at radius 3 is 1.11 bits per heavy atom. The molecule has 0 aliphatic carbocycles. The molecule has 0 aliphatic rings. The van der Waals surface area contributed by atoms with Crippen molar-refractivity contribution in [3.63, 3.8) is 0 Å². The van der Waals surface area contributed by atoms with Crippen molar-refractivity contribution in [3.8, 4) is 57.5 Å². The lowest BCUT2D eigenvalue weighted by Crippen LogP contribution is -2.35. The van der Waals surface area contributed by atoms with Crippen molar-refractivity contribution >= 4 is 63.1 Å². The Morgan fingerprint density at radius 1 is 0.375 bits per heavy atom. The normalized spacial score (nSPS) is 13.2. The molecule has 0 aliphatic heterocycles. The number of aromatic hydroxyl groups is 6. The zero-order valence-corrected chi connectivity index (χ0v) is 65.6. The second kappa shape index (κ2) is 36.0. The predicted octanol–water partition coefficient (Wildman–Crippen LogP) is 19.2. The van der Waals surface area contributed by atoms with Crippen LogP contribution in [0.25, 0.3) is 0 Å². The molecule has 0 aromatic heterocycles. The molecule has 0 heterocycles. The maximum absolute atomic E-state index is 14.3. The van der Waals surface area contributed by atoms with Crippen molar-refractivity contribution in [1.29, 1.82) is 0 Å². The number of hydrogen-bond donors (Lipinski definition) is 6. The molecule has 4 unspecified atom stereocenters. The van der Waals surface area contributed by atoms with Crippen LogP contribution in [0, 0.1) is 18.0 Å². The van der Waals surface area contributed by atoms with E-state index < -0.39 is 33.6 Å². The first kappa shape index (κ1) is 81.2. The van der Waals surface area contributed by atoms with Crippen molar-refractivity contribution in [2.45, 2.75) is 162 Å². The molecule has 20 heteroatoms. The fraction of sp³-hybridized carbons (Fsp3) is 0.393. The smallest absolute Gasteiger partial charge is 0.342 e. The van der Waals surface area contributed by atoms with E-state index in [1.807, 2.05) is 172 Å². The lowest BCUT2D eigenvalue weighted by Gasteiger charge is -2.34. The number of carbonyl (C=O) groups excluding carboxylic acids is 3. The summed E-state index contributed by atoms with van der Waals surface area (Å²) in [5.41, 5.74) is 1.01. The van der Waals surface area contributed by atoms with Crippen molar-refractivity contribution in [2.24, 2.45) is 10.8 Å². The first-order chi connectivity index (χ1) is 49.2. The van der Waals surface area contributed by atoms with Crippen LogP contribution in [0.4, 0.5) is 0 Å². The van der Waals surface area contributed by atoms with Gasteiger partial charge < -0.3 is 73.3 Å². The molecule has 8 rings (SSSR count). The Hall–Kier alpha value is -8.45. The van der Waals surface area contributed by atoms with Crippen LogP contribution in [0.1, 0.15) is 195 Å². The number of esters is 3. The lowest BCUT2D eigenvalue weighted by atomic mass is 9.74. The van der Waals surface area contributed by atoms with Gasteiger partial charge in [0.1, 0.15) is 47.1 Å². The molecular formula is C84H98I2O18. The summed E-state index contributed by atoms with van der Waals surface area (Å²) in [5, 5.41) is 64.4. The summed E-state index contributed by atoms with van der Waals surface area (Å²) in [6.07, 6.45) is 3.13. The topological polar surface area (TPSA) is 256 Å². The van der Waals surface area contributed by atoms with Crippen LogP contribution in [0.5, 0.6) is 57.5 Å². The number of phenols is 6. The van der Waals surface area contributed by atoms with Gasteiger partial charge in [-0.3, -0.25) is 9.59 Å². The summed E-state index contributed by atoms with van der Waals surface area (Å²) in [6.45, 7) is 22.2. The lowest BCUT2D eigenvalue weighted by molar-refractivity contribution is -0.170. The maximum Gasteiger partial charge on any atom is 0.342 e. The third-order valence-electron chi connectivity index (χ3n) is 18.9. The highest BCUT2D eigenvalue weighted by Crippen LogP contribution is 2.47. The van der Waals surface area contributed by atoms with Gasteiger partial charge in [0.2, 0.25) is 0 Å².